The van der Waals surface area contributed by atoms with Crippen LogP contribution >= 0.6 is 11.8 Å². The van der Waals surface area contributed by atoms with Crippen LogP contribution in [0.4, 0.5) is 0 Å². The topological polar surface area (TPSA) is 99.4 Å². The maximum Gasteiger partial charge on any atom is 0.316 e. The molecule has 2 N–H and O–H groups in total. The van der Waals surface area contributed by atoms with Gasteiger partial charge in [-0.2, -0.15) is 5.26 Å². The molecule has 1 aromatic rings. The Labute approximate surface area is 144 Å². The van der Waals surface area contributed by atoms with Crippen molar-refractivity contribution in [2.24, 2.45) is 0 Å². The molecule has 0 saturated heterocycles. The summed E-state index contributed by atoms with van der Waals surface area (Å²) >= 11 is 1.09. The molecule has 126 valence electrons. The Morgan fingerprint density at radius 3 is 2.71 bits per heavy atom. The van der Waals surface area contributed by atoms with Crippen LogP contribution in [0, 0.1) is 11.3 Å². The van der Waals surface area contributed by atoms with Gasteiger partial charge in [0.25, 0.3) is 0 Å². The number of phenols is 1. The molecule has 0 aliphatic carbocycles. The smallest absolute Gasteiger partial charge is 0.316 e. The highest BCUT2D eigenvalue weighted by molar-refractivity contribution is 8.03. The summed E-state index contributed by atoms with van der Waals surface area (Å²) in [7, 11) is 0. The number of carbonyl (C=O) groups excluding carboxylic acids is 2. The normalized spacial score (nSPS) is 17.4. The monoisotopic (exact) mass is 346 g/mol. The molecule has 0 saturated carbocycles. The van der Waals surface area contributed by atoms with Crippen LogP contribution in [0.25, 0.3) is 0 Å². The van der Waals surface area contributed by atoms with E-state index in [1.54, 1.807) is 26.0 Å². The number of allylic oxidation sites excluding steroid dienone is 1. The zero-order valence-electron chi connectivity index (χ0n) is 13.4. The predicted molar refractivity (Wildman–Crippen MR) is 89.9 cm³/mol. The number of nitriles is 1. The molecule has 0 radical (unpaired) electrons. The highest BCUT2D eigenvalue weighted by Crippen LogP contribution is 2.36. The van der Waals surface area contributed by atoms with Gasteiger partial charge in [-0.05, 0) is 31.5 Å². The van der Waals surface area contributed by atoms with Crippen molar-refractivity contribution < 1.29 is 19.4 Å². The highest BCUT2D eigenvalue weighted by Gasteiger charge is 2.30. The zero-order valence-corrected chi connectivity index (χ0v) is 14.2. The molecule has 0 unspecified atom stereocenters. The second kappa shape index (κ2) is 7.88. The summed E-state index contributed by atoms with van der Waals surface area (Å²) in [6.45, 7) is 3.51. The van der Waals surface area contributed by atoms with Crippen molar-refractivity contribution in [2.75, 3.05) is 5.75 Å². The minimum absolute atomic E-state index is 0.0151. The first-order chi connectivity index (χ1) is 11.4. The molecule has 0 bridgehead atoms. The van der Waals surface area contributed by atoms with E-state index >= 15 is 0 Å². The number of amides is 1. The summed E-state index contributed by atoms with van der Waals surface area (Å²) in [5.74, 6) is -0.880. The second-order valence-electron chi connectivity index (χ2n) is 5.58. The number of hydrogen-bond acceptors (Lipinski definition) is 6. The maximum absolute atomic E-state index is 12.0. The number of aromatic hydroxyl groups is 1. The van der Waals surface area contributed by atoms with Gasteiger partial charge in [0.05, 0.1) is 28.5 Å². The fourth-order valence-corrected chi connectivity index (χ4v) is 3.21. The van der Waals surface area contributed by atoms with Gasteiger partial charge in [0.1, 0.15) is 5.75 Å². The van der Waals surface area contributed by atoms with Crippen molar-refractivity contribution in [1.82, 2.24) is 5.32 Å². The molecule has 1 heterocycles. The van der Waals surface area contributed by atoms with Gasteiger partial charge in [0.15, 0.2) is 0 Å². The van der Waals surface area contributed by atoms with Gasteiger partial charge in [-0.3, -0.25) is 9.59 Å². The molecule has 7 heteroatoms. The molecule has 2 rings (SSSR count). The molecule has 6 nitrogen and oxygen atoms in total. The molecule has 1 aliphatic heterocycles. The van der Waals surface area contributed by atoms with E-state index in [1.807, 2.05) is 0 Å². The average Bonchev–Trinajstić information content (AvgIpc) is 2.52. The van der Waals surface area contributed by atoms with E-state index in [4.69, 9.17) is 4.74 Å². The van der Waals surface area contributed by atoms with Gasteiger partial charge in [-0.25, -0.2) is 0 Å². The lowest BCUT2D eigenvalue weighted by molar-refractivity contribution is -0.144. The largest absolute Gasteiger partial charge is 0.508 e. The van der Waals surface area contributed by atoms with Gasteiger partial charge < -0.3 is 15.2 Å². The summed E-state index contributed by atoms with van der Waals surface area (Å²) in [6, 6.07) is 8.54. The summed E-state index contributed by atoms with van der Waals surface area (Å²) in [5.41, 5.74) is 1.17. The number of ether oxygens (including phenoxy) is 1. The molecule has 0 aromatic heterocycles. The zero-order chi connectivity index (χ0) is 17.7. The van der Waals surface area contributed by atoms with Crippen molar-refractivity contribution >= 4 is 23.6 Å². The van der Waals surface area contributed by atoms with E-state index in [0.29, 0.717) is 10.6 Å². The summed E-state index contributed by atoms with van der Waals surface area (Å²) < 4.78 is 5.06. The van der Waals surface area contributed by atoms with E-state index in [2.05, 4.69) is 11.4 Å². The molecule has 1 amide bonds. The Balaban J connectivity index is 2.23. The molecule has 1 atom stereocenters. The van der Waals surface area contributed by atoms with Gasteiger partial charge in [0, 0.05) is 12.3 Å². The third kappa shape index (κ3) is 4.52. The van der Waals surface area contributed by atoms with E-state index in [0.717, 1.165) is 17.3 Å². The number of nitrogens with one attached hydrogen (secondary N) is 1. The molecule has 1 aromatic carbocycles. The predicted octanol–water partition coefficient (Wildman–Crippen LogP) is 2.42. The third-order valence-corrected chi connectivity index (χ3v) is 4.34. The van der Waals surface area contributed by atoms with Crippen molar-refractivity contribution in [3.63, 3.8) is 0 Å². The Bertz CT molecular complexity index is 704. The molecular formula is C17H18N2O4S. The van der Waals surface area contributed by atoms with Crippen LogP contribution in [0.3, 0.4) is 0 Å². The summed E-state index contributed by atoms with van der Waals surface area (Å²) in [5, 5.41) is 21.9. The van der Waals surface area contributed by atoms with Gasteiger partial charge >= 0.3 is 5.97 Å². The number of carbonyl (C=O) groups is 2. The minimum atomic E-state index is -0.402. The Morgan fingerprint density at radius 2 is 2.12 bits per heavy atom. The van der Waals surface area contributed by atoms with Crippen LogP contribution in [-0.2, 0) is 14.3 Å². The molecular weight excluding hydrogens is 328 g/mol. The Kier molecular flexibility index (Phi) is 5.88. The molecule has 24 heavy (non-hydrogen) atoms. The summed E-state index contributed by atoms with van der Waals surface area (Å²) in [4.78, 5) is 23.6. The van der Waals surface area contributed by atoms with E-state index in [-0.39, 0.29) is 29.9 Å². The fraction of sp³-hybridized carbons (Fsp3) is 0.353. The first-order valence-corrected chi connectivity index (χ1v) is 8.44. The molecule has 0 fully saturated rings. The van der Waals surface area contributed by atoms with Crippen molar-refractivity contribution in [2.45, 2.75) is 32.3 Å². The Hall–Kier alpha value is -2.46. The van der Waals surface area contributed by atoms with Crippen LogP contribution in [0.1, 0.15) is 31.7 Å². The lowest BCUT2D eigenvalue weighted by Crippen LogP contribution is -2.31. The van der Waals surface area contributed by atoms with Gasteiger partial charge in [-0.15, -0.1) is 0 Å². The average molecular weight is 346 g/mol. The standard InChI is InChI=1S/C17H18N2O4S/c1-10(2)23-16(22)9-24-17-14(8-18)13(7-15(21)19-17)11-3-5-12(20)6-4-11/h3-6,10,13,20H,7,9H2,1-2H3,(H,19,21)/t13-/m1/s1. The van der Waals surface area contributed by atoms with E-state index in [9.17, 15) is 20.0 Å². The first-order valence-electron chi connectivity index (χ1n) is 7.46. The van der Waals surface area contributed by atoms with Gasteiger partial charge in [0.2, 0.25) is 5.91 Å². The number of thioether (sulfide) groups is 1. The second-order valence-corrected chi connectivity index (χ2v) is 6.56. The van der Waals surface area contributed by atoms with Crippen LogP contribution < -0.4 is 5.32 Å². The number of esters is 1. The minimum Gasteiger partial charge on any atom is -0.508 e. The summed E-state index contributed by atoms with van der Waals surface area (Å²) in [6.07, 6.45) is -0.0676. The lowest BCUT2D eigenvalue weighted by atomic mass is 9.87. The van der Waals surface area contributed by atoms with Crippen LogP contribution in [0.5, 0.6) is 5.75 Å². The fourth-order valence-electron chi connectivity index (χ4n) is 2.35. The number of rotatable bonds is 5. The molecule has 0 spiro atoms. The molecule has 1 aliphatic rings. The first kappa shape index (κ1) is 17.9. The van der Waals surface area contributed by atoms with Crippen LogP contribution in [0.15, 0.2) is 34.9 Å². The third-order valence-electron chi connectivity index (χ3n) is 3.35. The lowest BCUT2D eigenvalue weighted by Gasteiger charge is -2.25. The van der Waals surface area contributed by atoms with Crippen LogP contribution in [0.2, 0.25) is 0 Å². The number of benzene rings is 1. The highest BCUT2D eigenvalue weighted by atomic mass is 32.2. The van der Waals surface area contributed by atoms with E-state index in [1.165, 1.54) is 12.1 Å². The van der Waals surface area contributed by atoms with E-state index < -0.39 is 11.9 Å². The number of hydrogen-bond donors (Lipinski definition) is 2. The van der Waals surface area contributed by atoms with Crippen molar-refractivity contribution in [3.8, 4) is 11.8 Å². The number of nitrogens with zero attached hydrogens (tertiary/aromatic N) is 1. The van der Waals surface area contributed by atoms with Crippen molar-refractivity contribution in [1.29, 1.82) is 5.26 Å². The number of phenolic OH excluding ortho intramolecular Hbond substituents is 1. The Morgan fingerprint density at radius 1 is 1.46 bits per heavy atom. The quantitative estimate of drug-likeness (QED) is 0.794. The van der Waals surface area contributed by atoms with Crippen molar-refractivity contribution in [3.05, 3.63) is 40.4 Å². The maximum atomic E-state index is 12.0. The van der Waals surface area contributed by atoms with Crippen LogP contribution in [-0.4, -0.2) is 28.8 Å². The van der Waals surface area contributed by atoms with Gasteiger partial charge in [-0.1, -0.05) is 23.9 Å². The SMILES string of the molecule is CC(C)OC(=O)CSC1=C(C#N)[C@@H](c2ccc(O)cc2)CC(=O)N1.